The topological polar surface area (TPSA) is 109 Å². The summed E-state index contributed by atoms with van der Waals surface area (Å²) in [4.78, 5) is 31.6. The molecule has 3 rings (SSSR count). The van der Waals surface area contributed by atoms with Crippen molar-refractivity contribution in [2.24, 2.45) is 5.92 Å². The number of piperidine rings is 1. The lowest BCUT2D eigenvalue weighted by atomic mass is 9.82. The van der Waals surface area contributed by atoms with Crippen LogP contribution in [0.3, 0.4) is 0 Å². The van der Waals surface area contributed by atoms with Crippen LogP contribution in [-0.2, 0) is 14.3 Å². The molecule has 0 aromatic carbocycles. The van der Waals surface area contributed by atoms with Gasteiger partial charge in [0.25, 0.3) is 0 Å². The molecule has 1 aliphatic heterocycles. The molecule has 168 valence electrons. The minimum atomic E-state index is -0.534. The van der Waals surface area contributed by atoms with E-state index in [1.54, 1.807) is 24.1 Å². The maximum atomic E-state index is 12.9. The second kappa shape index (κ2) is 9.80. The molecule has 9 nitrogen and oxygen atoms in total. The van der Waals surface area contributed by atoms with Crippen LogP contribution in [0.1, 0.15) is 52.1 Å². The molecule has 3 heterocycles. The van der Waals surface area contributed by atoms with Crippen LogP contribution in [0, 0.1) is 5.92 Å². The van der Waals surface area contributed by atoms with Gasteiger partial charge in [0.2, 0.25) is 0 Å². The fraction of sp³-hybridized carbons (Fsp3) is 0.545. The van der Waals surface area contributed by atoms with E-state index in [4.69, 9.17) is 9.47 Å². The number of amides is 1. The number of hydrogen-bond donors (Lipinski definition) is 2. The molecular weight excluding hydrogens is 398 g/mol. The Morgan fingerprint density at radius 3 is 2.61 bits per heavy atom. The van der Waals surface area contributed by atoms with Crippen LogP contribution in [-0.4, -0.2) is 57.4 Å². The molecule has 2 aromatic rings. The lowest BCUT2D eigenvalue weighted by Gasteiger charge is -2.35. The van der Waals surface area contributed by atoms with Crippen LogP contribution in [0.4, 0.5) is 16.4 Å². The van der Waals surface area contributed by atoms with Crippen molar-refractivity contribution in [1.29, 1.82) is 0 Å². The van der Waals surface area contributed by atoms with Crippen LogP contribution in [0.15, 0.2) is 30.5 Å². The Kier molecular flexibility index (Phi) is 7.14. The molecule has 0 saturated carbocycles. The summed E-state index contributed by atoms with van der Waals surface area (Å²) in [6, 6.07) is 7.34. The molecule has 0 aliphatic carbocycles. The fourth-order valence-electron chi connectivity index (χ4n) is 3.69. The number of carbonyl (C=O) groups is 2. The van der Waals surface area contributed by atoms with Crippen LogP contribution >= 0.6 is 0 Å². The number of likely N-dealkylation sites (tertiary alicyclic amines) is 1. The van der Waals surface area contributed by atoms with Crippen molar-refractivity contribution in [1.82, 2.24) is 20.1 Å². The van der Waals surface area contributed by atoms with E-state index < -0.39 is 11.5 Å². The molecule has 1 saturated heterocycles. The summed E-state index contributed by atoms with van der Waals surface area (Å²) in [5.74, 6) is 0.562. The van der Waals surface area contributed by atoms with Crippen molar-refractivity contribution in [2.75, 3.05) is 25.0 Å². The van der Waals surface area contributed by atoms with Gasteiger partial charge >= 0.3 is 12.1 Å². The zero-order valence-corrected chi connectivity index (χ0v) is 18.6. The first-order chi connectivity index (χ1) is 14.8. The van der Waals surface area contributed by atoms with Crippen LogP contribution in [0.2, 0.25) is 0 Å². The zero-order chi connectivity index (χ0) is 22.4. The van der Waals surface area contributed by atoms with E-state index in [1.807, 2.05) is 39.0 Å². The minimum Gasteiger partial charge on any atom is -0.465 e. The molecule has 2 N–H and O–H groups in total. The molecule has 1 fully saturated rings. The molecule has 2 aromatic heterocycles. The Morgan fingerprint density at radius 2 is 2.00 bits per heavy atom. The van der Waals surface area contributed by atoms with Gasteiger partial charge in [-0.05, 0) is 58.6 Å². The van der Waals surface area contributed by atoms with Gasteiger partial charge in [-0.2, -0.15) is 5.10 Å². The van der Waals surface area contributed by atoms with Crippen molar-refractivity contribution in [3.8, 4) is 0 Å². The molecule has 1 amide bonds. The van der Waals surface area contributed by atoms with Gasteiger partial charge in [-0.15, -0.1) is 0 Å². The highest BCUT2D eigenvalue weighted by Crippen LogP contribution is 2.34. The minimum absolute atomic E-state index is 0.0210. The summed E-state index contributed by atoms with van der Waals surface area (Å²) in [6.45, 7) is 8.71. The van der Waals surface area contributed by atoms with E-state index in [1.165, 1.54) is 0 Å². The van der Waals surface area contributed by atoms with E-state index in [9.17, 15) is 9.59 Å². The second-order valence-corrected chi connectivity index (χ2v) is 8.58. The average molecular weight is 430 g/mol. The van der Waals surface area contributed by atoms with Crippen LogP contribution < -0.4 is 5.32 Å². The van der Waals surface area contributed by atoms with Gasteiger partial charge in [0.1, 0.15) is 23.2 Å². The van der Waals surface area contributed by atoms with Gasteiger partial charge < -0.3 is 19.7 Å². The van der Waals surface area contributed by atoms with Gasteiger partial charge in [-0.3, -0.25) is 9.89 Å². The summed E-state index contributed by atoms with van der Waals surface area (Å²) < 4.78 is 10.9. The van der Waals surface area contributed by atoms with Crippen molar-refractivity contribution in [2.45, 2.75) is 52.1 Å². The van der Waals surface area contributed by atoms with E-state index in [2.05, 4.69) is 20.5 Å². The predicted molar refractivity (Wildman–Crippen MR) is 116 cm³/mol. The first-order valence-electron chi connectivity index (χ1n) is 10.6. The van der Waals surface area contributed by atoms with Crippen LogP contribution in [0.25, 0.3) is 0 Å². The average Bonchev–Trinajstić information content (AvgIpc) is 3.21. The number of rotatable bonds is 6. The number of nitrogens with zero attached hydrogens (tertiary/aromatic N) is 3. The summed E-state index contributed by atoms with van der Waals surface area (Å²) >= 11 is 0. The smallest absolute Gasteiger partial charge is 0.410 e. The number of carbonyl (C=O) groups excluding carboxylic acids is 2. The highest BCUT2D eigenvalue weighted by Gasteiger charge is 2.36. The third-order valence-electron chi connectivity index (χ3n) is 5.06. The van der Waals surface area contributed by atoms with Gasteiger partial charge in [0.05, 0.1) is 18.5 Å². The normalized spacial score (nSPS) is 15.9. The van der Waals surface area contributed by atoms with Gasteiger partial charge in [-0.1, -0.05) is 6.07 Å². The third kappa shape index (κ3) is 6.19. The highest BCUT2D eigenvalue weighted by atomic mass is 16.6. The predicted octanol–water partition coefficient (Wildman–Crippen LogP) is 3.84. The van der Waals surface area contributed by atoms with E-state index in [0.29, 0.717) is 49.9 Å². The number of esters is 1. The molecule has 0 spiro atoms. The molecule has 0 unspecified atom stereocenters. The Labute approximate surface area is 182 Å². The van der Waals surface area contributed by atoms with Gasteiger partial charge in [0, 0.05) is 19.2 Å². The molecule has 1 atom stereocenters. The fourth-order valence-corrected chi connectivity index (χ4v) is 3.69. The molecule has 0 bridgehead atoms. The Morgan fingerprint density at radius 1 is 1.26 bits per heavy atom. The number of ether oxygens (including phenoxy) is 2. The first kappa shape index (κ1) is 22.6. The third-order valence-corrected chi connectivity index (χ3v) is 5.06. The Hall–Kier alpha value is -3.10. The number of H-pyrrole nitrogens is 1. The summed E-state index contributed by atoms with van der Waals surface area (Å²) in [6.07, 6.45) is 2.67. The van der Waals surface area contributed by atoms with E-state index in [-0.39, 0.29) is 18.0 Å². The maximum absolute atomic E-state index is 12.9. The zero-order valence-electron chi connectivity index (χ0n) is 18.6. The maximum Gasteiger partial charge on any atom is 0.410 e. The quantitative estimate of drug-likeness (QED) is 0.671. The number of aromatic nitrogens is 3. The summed E-state index contributed by atoms with van der Waals surface area (Å²) in [7, 11) is 0. The van der Waals surface area contributed by atoms with Crippen molar-refractivity contribution < 1.29 is 19.1 Å². The van der Waals surface area contributed by atoms with Crippen molar-refractivity contribution >= 4 is 23.7 Å². The molecule has 9 heteroatoms. The Bertz CT molecular complexity index is 870. The van der Waals surface area contributed by atoms with Gasteiger partial charge in [0.15, 0.2) is 0 Å². The molecule has 1 aliphatic rings. The SMILES string of the molecule is CCOC(=O)[C@@H](c1cccc(Nc2ccn[nH]2)n1)C1CCN(C(=O)OC(C)(C)C)CC1. The number of anilines is 2. The monoisotopic (exact) mass is 429 g/mol. The van der Waals surface area contributed by atoms with Gasteiger partial charge in [-0.25, -0.2) is 9.78 Å². The standard InChI is InChI=1S/C22H31N5O4/c1-5-30-20(28)19(15-10-13-27(14-11-15)21(29)31-22(2,3)4)16-7-6-8-17(24-16)25-18-9-12-23-26-18/h6-9,12,15,19H,5,10-11,13-14H2,1-4H3,(H2,23,24,25,26)/t19-/m1/s1. The molecular formula is C22H31N5O4. The van der Waals surface area contributed by atoms with Crippen molar-refractivity contribution in [3.63, 3.8) is 0 Å². The number of pyridine rings is 1. The Balaban J connectivity index is 1.73. The number of hydrogen-bond acceptors (Lipinski definition) is 7. The summed E-state index contributed by atoms with van der Waals surface area (Å²) in [5.41, 5.74) is 0.117. The second-order valence-electron chi connectivity index (χ2n) is 8.58. The highest BCUT2D eigenvalue weighted by molar-refractivity contribution is 5.78. The lowest BCUT2D eigenvalue weighted by molar-refractivity contribution is -0.147. The number of nitrogens with one attached hydrogen (secondary N) is 2. The number of aromatic amines is 1. The lowest BCUT2D eigenvalue weighted by Crippen LogP contribution is -2.43. The van der Waals surface area contributed by atoms with E-state index >= 15 is 0 Å². The van der Waals surface area contributed by atoms with Crippen molar-refractivity contribution in [3.05, 3.63) is 36.2 Å². The molecule has 0 radical (unpaired) electrons. The van der Waals surface area contributed by atoms with E-state index in [0.717, 1.165) is 0 Å². The first-order valence-corrected chi connectivity index (χ1v) is 10.6. The molecule has 31 heavy (non-hydrogen) atoms. The van der Waals surface area contributed by atoms with Crippen LogP contribution in [0.5, 0.6) is 0 Å². The summed E-state index contributed by atoms with van der Waals surface area (Å²) in [5, 5.41) is 9.89. The largest absolute Gasteiger partial charge is 0.465 e.